The number of imidazole rings is 1. The molecule has 1 aromatic carbocycles. The summed E-state index contributed by atoms with van der Waals surface area (Å²) in [5.41, 5.74) is 4.03. The molecule has 4 rings (SSSR count). The van der Waals surface area contributed by atoms with Crippen LogP contribution in [0.3, 0.4) is 0 Å². The molecule has 0 aliphatic rings. The van der Waals surface area contributed by atoms with E-state index in [1.807, 2.05) is 24.5 Å². The molecular weight excluding hydrogens is 453 g/mol. The minimum atomic E-state index is -1.16. The number of benzene rings is 1. The summed E-state index contributed by atoms with van der Waals surface area (Å²) in [4.78, 5) is 24.0. The summed E-state index contributed by atoms with van der Waals surface area (Å²) in [5.74, 6) is 0.156. The lowest BCUT2D eigenvalue weighted by molar-refractivity contribution is -0.191. The maximum Gasteiger partial charge on any atom is 0.373 e. The zero-order chi connectivity index (χ0) is 24.7. The molecule has 0 saturated heterocycles. The molecule has 0 radical (unpaired) electrons. The molecule has 174 valence electrons. The van der Waals surface area contributed by atoms with E-state index in [4.69, 9.17) is 26.0 Å². The largest absolute Gasteiger partial charge is 0.373 e. The van der Waals surface area contributed by atoms with Crippen LogP contribution in [0.1, 0.15) is 0 Å². The Morgan fingerprint density at radius 2 is 1.76 bits per heavy atom. The van der Waals surface area contributed by atoms with Crippen LogP contribution in [-0.2, 0) is 21.1 Å². The van der Waals surface area contributed by atoms with E-state index in [1.54, 1.807) is 27.4 Å². The first kappa shape index (κ1) is 24.7. The third kappa shape index (κ3) is 6.11. The Labute approximate surface area is 197 Å². The van der Waals surface area contributed by atoms with Crippen molar-refractivity contribution in [3.8, 4) is 22.4 Å². The summed E-state index contributed by atoms with van der Waals surface area (Å²) < 4.78 is 22.9. The molecule has 0 aliphatic carbocycles. The number of aromatic nitrogens is 4. The quantitative estimate of drug-likeness (QED) is 0.205. The molecule has 0 spiro atoms. The van der Waals surface area contributed by atoms with Gasteiger partial charge in [0.05, 0.1) is 12.4 Å². The predicted octanol–water partition coefficient (Wildman–Crippen LogP) is 5.28. The lowest BCUT2D eigenvalue weighted by Gasteiger charge is -2.15. The van der Waals surface area contributed by atoms with Crippen LogP contribution in [0.5, 0.6) is 0 Å². The van der Waals surface area contributed by atoms with Crippen molar-refractivity contribution in [2.45, 2.75) is 32.4 Å². The number of ether oxygens (including phenoxy) is 1. The maximum absolute atomic E-state index is 13.5. The van der Waals surface area contributed by atoms with E-state index in [9.17, 15) is 4.39 Å². The zero-order valence-electron chi connectivity index (χ0n) is 19.2. The molecule has 0 N–H and O–H groups in total. The zero-order valence-corrected chi connectivity index (χ0v) is 20.2. The minimum Gasteiger partial charge on any atom is -0.362 e. The maximum atomic E-state index is 13.5. The Hall–Kier alpha value is -3.90. The first-order chi connectivity index (χ1) is 16.3. The summed E-state index contributed by atoms with van der Waals surface area (Å²) in [6, 6.07) is 11.2. The van der Waals surface area contributed by atoms with Gasteiger partial charge in [0.25, 0.3) is 5.82 Å². The van der Waals surface area contributed by atoms with Crippen molar-refractivity contribution >= 4 is 25.7 Å². The Balaban J connectivity index is 0.00000103. The molecule has 0 aliphatic heterocycles. The Morgan fingerprint density at radius 1 is 1.09 bits per heavy atom. The summed E-state index contributed by atoms with van der Waals surface area (Å²) in [7, 11) is -1.16. The molecule has 4 aromatic rings. The summed E-state index contributed by atoms with van der Waals surface area (Å²) >= 11 is 0. The molecule has 0 saturated carbocycles. The molecule has 0 bridgehead atoms. The van der Waals surface area contributed by atoms with E-state index >= 15 is 0 Å². The van der Waals surface area contributed by atoms with Gasteiger partial charge in [-0.3, -0.25) is 0 Å². The van der Waals surface area contributed by atoms with Crippen LogP contribution in [0.25, 0.3) is 32.9 Å². The third-order valence-corrected chi connectivity index (χ3v) is 6.72. The number of nitrogens with zero attached hydrogens (tertiary/aromatic N) is 5. The first-order valence-electron chi connectivity index (χ1n) is 10.5. The fourth-order valence-corrected chi connectivity index (χ4v) is 4.02. The summed E-state index contributed by atoms with van der Waals surface area (Å²) in [6.07, 6.45) is 5.63. The lowest BCUT2D eigenvalue weighted by atomic mass is 10.0. The van der Waals surface area contributed by atoms with Gasteiger partial charge in [-0.25, -0.2) is 18.5 Å². The van der Waals surface area contributed by atoms with Gasteiger partial charge in [0, 0.05) is 43.6 Å². The van der Waals surface area contributed by atoms with Gasteiger partial charge >= 0.3 is 6.15 Å². The normalized spacial score (nSPS) is 10.9. The van der Waals surface area contributed by atoms with Gasteiger partial charge < -0.3 is 9.58 Å². The monoisotopic (exact) mass is 477 g/mol. The van der Waals surface area contributed by atoms with Crippen molar-refractivity contribution in [1.82, 2.24) is 19.2 Å². The van der Waals surface area contributed by atoms with Crippen LogP contribution in [-0.4, -0.2) is 40.0 Å². The van der Waals surface area contributed by atoms with Crippen molar-refractivity contribution in [2.75, 3.05) is 6.61 Å². The van der Waals surface area contributed by atoms with Crippen LogP contribution in [0.2, 0.25) is 25.7 Å². The first-order valence-corrected chi connectivity index (χ1v) is 14.2. The molecule has 3 aromatic heterocycles. The molecule has 0 fully saturated rings. The van der Waals surface area contributed by atoms with Gasteiger partial charge in [0.1, 0.15) is 18.2 Å². The Bertz CT molecular complexity index is 1340. The molecule has 0 unspecified atom stereocenters. The molecular formula is C24H24FN5O3Si. The van der Waals surface area contributed by atoms with Crippen molar-refractivity contribution in [3.63, 3.8) is 0 Å². The molecule has 10 heteroatoms. The van der Waals surface area contributed by atoms with Gasteiger partial charge in [0.2, 0.25) is 5.65 Å². The number of rotatable bonds is 7. The number of halogens is 1. The smallest absolute Gasteiger partial charge is 0.362 e. The molecule has 34 heavy (non-hydrogen) atoms. The van der Waals surface area contributed by atoms with E-state index in [0.29, 0.717) is 24.8 Å². The third-order valence-electron chi connectivity index (χ3n) is 5.01. The summed E-state index contributed by atoms with van der Waals surface area (Å²) in [6.45, 7) is 15.4. The van der Waals surface area contributed by atoms with E-state index < -0.39 is 8.07 Å². The van der Waals surface area contributed by atoms with Gasteiger partial charge in [0.15, 0.2) is 0 Å². The van der Waals surface area contributed by atoms with Crippen LogP contribution < -0.4 is 0 Å². The van der Waals surface area contributed by atoms with Crippen molar-refractivity contribution in [2.24, 2.45) is 0 Å². The van der Waals surface area contributed by atoms with Gasteiger partial charge in [-0.2, -0.15) is 14.7 Å². The number of hydrogen-bond acceptors (Lipinski definition) is 5. The second-order valence-corrected chi connectivity index (χ2v) is 14.4. The number of carbonyl (C=O) groups excluding carboxylic acids is 2. The topological polar surface area (TPSA) is 82.8 Å². The van der Waals surface area contributed by atoms with Crippen molar-refractivity contribution in [3.05, 3.63) is 72.2 Å². The second kappa shape index (κ2) is 10.8. The van der Waals surface area contributed by atoms with Crippen LogP contribution in [0.4, 0.5) is 10.2 Å². The second-order valence-electron chi connectivity index (χ2n) is 8.74. The van der Waals surface area contributed by atoms with E-state index in [-0.39, 0.29) is 12.0 Å². The average Bonchev–Trinajstić information content (AvgIpc) is 3.41. The highest BCUT2D eigenvalue weighted by molar-refractivity contribution is 6.76. The van der Waals surface area contributed by atoms with Crippen LogP contribution in [0, 0.1) is 12.4 Å². The lowest BCUT2D eigenvalue weighted by Crippen LogP contribution is -2.22. The predicted molar refractivity (Wildman–Crippen MR) is 127 cm³/mol. The highest BCUT2D eigenvalue weighted by Gasteiger charge is 2.17. The highest BCUT2D eigenvalue weighted by atomic mass is 28.3. The van der Waals surface area contributed by atoms with E-state index in [1.165, 1.54) is 12.1 Å². The molecule has 0 atom stereocenters. The highest BCUT2D eigenvalue weighted by Crippen LogP contribution is 2.32. The van der Waals surface area contributed by atoms with Crippen LogP contribution in [0.15, 0.2) is 55.0 Å². The number of pyridine rings is 1. The molecule has 8 nitrogen and oxygen atoms in total. The van der Waals surface area contributed by atoms with Gasteiger partial charge in [-0.1, -0.05) is 26.2 Å². The Morgan fingerprint density at radius 3 is 2.41 bits per heavy atom. The minimum absolute atomic E-state index is 0.250. The Kier molecular flexibility index (Phi) is 7.86. The standard InChI is InChI=1S/C23H24FN5OSi.CO2/c1-25-22-13-26-21-10-7-18(14-29(21)22)20-15-28(16-30-11-12-31(2,3)4)27-23(20)17-5-8-19(24)9-6-17;2-1-3/h5-10,13-15H,11-12,16H2,2-4H3;. The fourth-order valence-electron chi connectivity index (χ4n) is 3.27. The number of hydrogen-bond donors (Lipinski definition) is 0. The molecule has 0 amide bonds. The van der Waals surface area contributed by atoms with Crippen molar-refractivity contribution < 1.29 is 18.7 Å². The van der Waals surface area contributed by atoms with E-state index in [2.05, 4.69) is 29.5 Å². The van der Waals surface area contributed by atoms with Crippen molar-refractivity contribution in [1.29, 1.82) is 0 Å². The van der Waals surface area contributed by atoms with Gasteiger partial charge in [-0.05, 0) is 36.4 Å². The number of fused-ring (bicyclic) bond motifs is 1. The van der Waals surface area contributed by atoms with Crippen LogP contribution >= 0.6 is 0 Å². The summed E-state index contributed by atoms with van der Waals surface area (Å²) in [5, 5.41) is 4.73. The molecule has 3 heterocycles. The van der Waals surface area contributed by atoms with E-state index in [0.717, 1.165) is 28.4 Å². The SMILES string of the molecule is O=C=O.[C-]#[N+]c1cnc2ccc(-c3cn(COCC[Si](C)(C)C)nc3-c3ccc(F)cc3)cn12. The van der Waals surface area contributed by atoms with Gasteiger partial charge in [-0.15, -0.1) is 0 Å². The average molecular weight is 478 g/mol. The fraction of sp³-hybridized carbons (Fsp3) is 0.250.